The van der Waals surface area contributed by atoms with Gasteiger partial charge in [0, 0.05) is 17.3 Å². The van der Waals surface area contributed by atoms with Crippen molar-refractivity contribution in [2.24, 2.45) is 34.0 Å². The van der Waals surface area contributed by atoms with Gasteiger partial charge in [-0.05, 0) is 42.6 Å². The molecule has 2 spiro atoms. The lowest BCUT2D eigenvalue weighted by Crippen LogP contribution is -2.86. The van der Waals surface area contributed by atoms with Crippen molar-refractivity contribution in [1.29, 1.82) is 0 Å². The van der Waals surface area contributed by atoms with E-state index < -0.39 is 41.0 Å². The zero-order chi connectivity index (χ0) is 18.9. The molecule has 0 radical (unpaired) electrons. The molecule has 146 valence electrons. The summed E-state index contributed by atoms with van der Waals surface area (Å²) in [7, 11) is 0. The Balaban J connectivity index is 1.80. The van der Waals surface area contributed by atoms with Gasteiger partial charge >= 0.3 is 0 Å². The summed E-state index contributed by atoms with van der Waals surface area (Å²) in [5, 5.41) is 56.5. The van der Waals surface area contributed by atoms with Gasteiger partial charge in [0.2, 0.25) is 5.79 Å². The third-order valence-corrected chi connectivity index (χ3v) is 9.12. The van der Waals surface area contributed by atoms with Crippen molar-refractivity contribution in [1.82, 2.24) is 0 Å². The maximum Gasteiger partial charge on any atom is 0.203 e. The van der Waals surface area contributed by atoms with Crippen LogP contribution in [0.25, 0.3) is 0 Å². The highest BCUT2D eigenvalue weighted by Gasteiger charge is 2.86. The fraction of sp³-hybridized carbons (Fsp3) is 0.900. The standard InChI is InChI=1S/C20H30O6/c1-9-10-4-5-11-18-8-26-20(25,19(11,14(9)22)15(10)23)16(24)13(18)17(2,3)7-6-12(18)21/h10-16,21-25H,1,4-8H2,2-3H3/t10-,11-,12-,13+,14+,15+,16-,18+,19+,20+/m0/s1. The molecule has 6 nitrogen and oxygen atoms in total. The Hall–Kier alpha value is -0.500. The number of aliphatic hydroxyl groups is 5. The first kappa shape index (κ1) is 17.6. The molecule has 0 aromatic heterocycles. The fourth-order valence-corrected chi connectivity index (χ4v) is 8.15. The van der Waals surface area contributed by atoms with E-state index in [1.807, 2.05) is 0 Å². The summed E-state index contributed by atoms with van der Waals surface area (Å²) < 4.78 is 5.86. The minimum Gasteiger partial charge on any atom is -0.392 e. The van der Waals surface area contributed by atoms with E-state index >= 15 is 0 Å². The normalized spacial score (nSPS) is 62.7. The number of fused-ring (bicyclic) bond motifs is 2. The van der Waals surface area contributed by atoms with Gasteiger partial charge in [0.15, 0.2) is 0 Å². The van der Waals surface area contributed by atoms with Crippen LogP contribution < -0.4 is 0 Å². The van der Waals surface area contributed by atoms with Gasteiger partial charge in [-0.1, -0.05) is 20.4 Å². The Bertz CT molecular complexity index is 677. The van der Waals surface area contributed by atoms with Gasteiger partial charge in [-0.2, -0.15) is 0 Å². The van der Waals surface area contributed by atoms with E-state index in [-0.39, 0.29) is 29.8 Å². The molecule has 10 atom stereocenters. The van der Waals surface area contributed by atoms with Crippen LogP contribution in [-0.4, -0.2) is 62.3 Å². The average molecular weight is 366 g/mol. The second-order valence-electron chi connectivity index (χ2n) is 10.2. The van der Waals surface area contributed by atoms with Crippen molar-refractivity contribution in [3.05, 3.63) is 12.2 Å². The molecule has 0 amide bonds. The third kappa shape index (κ3) is 1.45. The molecule has 4 bridgehead atoms. The summed E-state index contributed by atoms with van der Waals surface area (Å²) in [5.41, 5.74) is -2.01. The van der Waals surface area contributed by atoms with Crippen molar-refractivity contribution in [3.63, 3.8) is 0 Å². The van der Waals surface area contributed by atoms with Crippen LogP contribution in [0.15, 0.2) is 12.2 Å². The van der Waals surface area contributed by atoms with Crippen LogP contribution in [0.5, 0.6) is 0 Å². The molecule has 4 saturated carbocycles. The van der Waals surface area contributed by atoms with Gasteiger partial charge in [-0.25, -0.2) is 0 Å². The van der Waals surface area contributed by atoms with Crippen LogP contribution in [-0.2, 0) is 4.74 Å². The molecule has 2 saturated heterocycles. The Morgan fingerprint density at radius 2 is 1.73 bits per heavy atom. The largest absolute Gasteiger partial charge is 0.392 e. The van der Waals surface area contributed by atoms with Crippen molar-refractivity contribution in [2.75, 3.05) is 6.61 Å². The summed E-state index contributed by atoms with van der Waals surface area (Å²) in [4.78, 5) is 0. The van der Waals surface area contributed by atoms with E-state index in [0.29, 0.717) is 24.8 Å². The molecular weight excluding hydrogens is 336 g/mol. The van der Waals surface area contributed by atoms with Crippen LogP contribution in [0.1, 0.15) is 39.5 Å². The lowest BCUT2D eigenvalue weighted by atomic mass is 9.35. The summed E-state index contributed by atoms with van der Waals surface area (Å²) in [5.74, 6) is -3.06. The summed E-state index contributed by atoms with van der Waals surface area (Å²) in [6.07, 6.45) is -1.53. The molecule has 5 N–H and O–H groups in total. The molecule has 6 rings (SSSR count). The zero-order valence-electron chi connectivity index (χ0n) is 15.4. The first-order chi connectivity index (χ1) is 12.1. The lowest BCUT2D eigenvalue weighted by Gasteiger charge is -2.75. The quantitative estimate of drug-likeness (QED) is 0.391. The fourth-order valence-electron chi connectivity index (χ4n) is 8.15. The first-order valence-corrected chi connectivity index (χ1v) is 9.84. The Labute approximate surface area is 153 Å². The Kier molecular flexibility index (Phi) is 3.20. The smallest absolute Gasteiger partial charge is 0.203 e. The minimum atomic E-state index is -2.05. The predicted molar refractivity (Wildman–Crippen MR) is 91.7 cm³/mol. The molecule has 4 aliphatic carbocycles. The molecule has 0 aromatic carbocycles. The highest BCUT2D eigenvalue weighted by molar-refractivity contribution is 5.37. The minimum absolute atomic E-state index is 0.138. The average Bonchev–Trinajstić information content (AvgIpc) is 2.69. The summed E-state index contributed by atoms with van der Waals surface area (Å²) in [6.45, 7) is 8.25. The van der Waals surface area contributed by atoms with E-state index in [9.17, 15) is 25.5 Å². The van der Waals surface area contributed by atoms with E-state index in [0.717, 1.165) is 6.42 Å². The van der Waals surface area contributed by atoms with Gasteiger partial charge in [-0.3, -0.25) is 0 Å². The van der Waals surface area contributed by atoms with Crippen molar-refractivity contribution < 1.29 is 30.3 Å². The second kappa shape index (κ2) is 4.73. The highest BCUT2D eigenvalue weighted by atomic mass is 16.6. The van der Waals surface area contributed by atoms with Crippen LogP contribution in [0.4, 0.5) is 0 Å². The Morgan fingerprint density at radius 3 is 2.42 bits per heavy atom. The molecule has 2 heterocycles. The van der Waals surface area contributed by atoms with Gasteiger partial charge in [0.05, 0.1) is 30.3 Å². The summed E-state index contributed by atoms with van der Waals surface area (Å²) in [6, 6.07) is 0. The number of ether oxygens (including phenoxy) is 1. The molecule has 26 heavy (non-hydrogen) atoms. The molecule has 0 unspecified atom stereocenters. The highest BCUT2D eigenvalue weighted by Crippen LogP contribution is 2.77. The van der Waals surface area contributed by atoms with Crippen LogP contribution in [0, 0.1) is 34.0 Å². The first-order valence-electron chi connectivity index (χ1n) is 9.84. The monoisotopic (exact) mass is 366 g/mol. The molecule has 6 heteroatoms. The van der Waals surface area contributed by atoms with Crippen LogP contribution in [0.2, 0.25) is 0 Å². The molecule has 0 aromatic rings. The predicted octanol–water partition coefficient (Wildman–Crippen LogP) is 0.167. The lowest BCUT2D eigenvalue weighted by molar-refractivity contribution is -0.476. The van der Waals surface area contributed by atoms with Crippen LogP contribution in [0.3, 0.4) is 0 Å². The molecule has 2 aliphatic heterocycles. The van der Waals surface area contributed by atoms with Crippen LogP contribution >= 0.6 is 0 Å². The SMILES string of the molecule is C=C1[C@@H](O)[C@@]23[C@H](O)[C@H]1CC[C@H]2[C@@]12CO[C@]3(O)[C@@H](O)[C@@H]1C(C)(C)CC[C@@H]2O. The van der Waals surface area contributed by atoms with Crippen molar-refractivity contribution >= 4 is 0 Å². The Morgan fingerprint density at radius 1 is 1.04 bits per heavy atom. The van der Waals surface area contributed by atoms with E-state index in [4.69, 9.17) is 4.74 Å². The maximum atomic E-state index is 11.7. The van der Waals surface area contributed by atoms with Gasteiger partial charge in [0.1, 0.15) is 6.10 Å². The molecule has 6 aliphatic rings. The third-order valence-electron chi connectivity index (χ3n) is 9.12. The number of hydrogen-bond donors (Lipinski definition) is 5. The molecule has 6 fully saturated rings. The second-order valence-corrected chi connectivity index (χ2v) is 10.2. The zero-order valence-corrected chi connectivity index (χ0v) is 15.4. The van der Waals surface area contributed by atoms with Gasteiger partial charge < -0.3 is 30.3 Å². The van der Waals surface area contributed by atoms with Crippen molar-refractivity contribution in [2.45, 2.75) is 69.7 Å². The maximum absolute atomic E-state index is 11.7. The number of hydrogen-bond acceptors (Lipinski definition) is 6. The van der Waals surface area contributed by atoms with E-state index in [2.05, 4.69) is 20.4 Å². The van der Waals surface area contributed by atoms with Gasteiger partial charge in [0.25, 0.3) is 0 Å². The number of rotatable bonds is 0. The molecular formula is C20H30O6. The van der Waals surface area contributed by atoms with E-state index in [1.165, 1.54) is 0 Å². The van der Waals surface area contributed by atoms with Crippen molar-refractivity contribution in [3.8, 4) is 0 Å². The number of aliphatic hydroxyl groups excluding tert-OH is 4. The van der Waals surface area contributed by atoms with E-state index in [1.54, 1.807) is 0 Å². The topological polar surface area (TPSA) is 110 Å². The summed E-state index contributed by atoms with van der Waals surface area (Å²) >= 11 is 0. The van der Waals surface area contributed by atoms with Gasteiger partial charge in [-0.15, -0.1) is 0 Å².